The number of sulfonamides is 1. The molecule has 5 nitrogen and oxygen atoms in total. The molecule has 0 aromatic heterocycles. The Morgan fingerprint density at radius 1 is 1.10 bits per heavy atom. The first-order chi connectivity index (χ1) is 9.81. The van der Waals surface area contributed by atoms with E-state index in [1.54, 1.807) is 12.1 Å². The van der Waals surface area contributed by atoms with Gasteiger partial charge in [-0.15, -0.1) is 0 Å². The van der Waals surface area contributed by atoms with Gasteiger partial charge in [-0.05, 0) is 30.3 Å². The Hall–Kier alpha value is -1.76. The van der Waals surface area contributed by atoms with E-state index < -0.39 is 15.9 Å². The lowest BCUT2D eigenvalue weighted by molar-refractivity contribution is 0.100. The van der Waals surface area contributed by atoms with Crippen molar-refractivity contribution in [2.24, 2.45) is 5.73 Å². The van der Waals surface area contributed by atoms with Crippen LogP contribution in [0.1, 0.15) is 10.4 Å². The molecule has 2 aromatic carbocycles. The summed E-state index contributed by atoms with van der Waals surface area (Å²) in [6.45, 7) is 0. The number of hydrogen-bond acceptors (Lipinski definition) is 3. The molecule has 21 heavy (non-hydrogen) atoms. The maximum Gasteiger partial charge on any atom is 0.263 e. The molecule has 0 radical (unpaired) electrons. The summed E-state index contributed by atoms with van der Waals surface area (Å²) >= 11 is 11.7. The highest BCUT2D eigenvalue weighted by Crippen LogP contribution is 2.27. The van der Waals surface area contributed by atoms with Crippen LogP contribution >= 0.6 is 23.2 Å². The summed E-state index contributed by atoms with van der Waals surface area (Å²) in [5, 5.41) is 0.242. The predicted molar refractivity (Wildman–Crippen MR) is 82.2 cm³/mol. The number of rotatable bonds is 4. The van der Waals surface area contributed by atoms with Crippen LogP contribution in [-0.2, 0) is 10.0 Å². The van der Waals surface area contributed by atoms with E-state index in [9.17, 15) is 13.2 Å². The average Bonchev–Trinajstić information content (AvgIpc) is 2.41. The van der Waals surface area contributed by atoms with Crippen molar-refractivity contribution in [3.8, 4) is 0 Å². The Labute approximate surface area is 131 Å². The second-order valence-electron chi connectivity index (χ2n) is 4.09. The normalized spacial score (nSPS) is 11.1. The van der Waals surface area contributed by atoms with Crippen LogP contribution in [0.5, 0.6) is 0 Å². The standard InChI is InChI=1S/C13H10Cl2N2O3S/c14-8-5-6-10(15)12(7-8)21(19,20)17-11-4-2-1-3-9(11)13(16)18/h1-7,17H,(H2,16,18). The van der Waals surface area contributed by atoms with Crippen LogP contribution in [0.2, 0.25) is 10.0 Å². The summed E-state index contributed by atoms with van der Waals surface area (Å²) < 4.78 is 27.0. The van der Waals surface area contributed by atoms with E-state index in [2.05, 4.69) is 4.72 Å². The summed E-state index contributed by atoms with van der Waals surface area (Å²) in [5.74, 6) is -0.745. The molecule has 8 heteroatoms. The highest BCUT2D eigenvalue weighted by molar-refractivity contribution is 7.92. The quantitative estimate of drug-likeness (QED) is 0.893. The number of amides is 1. The number of nitrogens with one attached hydrogen (secondary N) is 1. The molecule has 2 rings (SSSR count). The molecule has 0 saturated carbocycles. The number of benzene rings is 2. The highest BCUT2D eigenvalue weighted by Gasteiger charge is 2.20. The van der Waals surface area contributed by atoms with Gasteiger partial charge >= 0.3 is 0 Å². The Balaban J connectivity index is 2.48. The van der Waals surface area contributed by atoms with Gasteiger partial charge in [0.05, 0.1) is 16.3 Å². The van der Waals surface area contributed by atoms with Gasteiger partial charge in [0.1, 0.15) is 4.90 Å². The molecule has 0 heterocycles. The fraction of sp³-hybridized carbons (Fsp3) is 0. The summed E-state index contributed by atoms with van der Waals surface area (Å²) in [4.78, 5) is 11.1. The number of primary amides is 1. The highest BCUT2D eigenvalue weighted by atomic mass is 35.5. The fourth-order valence-electron chi connectivity index (χ4n) is 1.67. The van der Waals surface area contributed by atoms with E-state index in [1.807, 2.05) is 0 Å². The van der Waals surface area contributed by atoms with Crippen molar-refractivity contribution < 1.29 is 13.2 Å². The zero-order chi connectivity index (χ0) is 15.6. The molecule has 1 amide bonds. The summed E-state index contributed by atoms with van der Waals surface area (Å²) in [6, 6.07) is 10.1. The summed E-state index contributed by atoms with van der Waals surface area (Å²) in [5.41, 5.74) is 5.33. The van der Waals surface area contributed by atoms with E-state index in [0.717, 1.165) is 0 Å². The van der Waals surface area contributed by atoms with Gasteiger partial charge in [-0.2, -0.15) is 0 Å². The second-order valence-corrected chi connectivity index (χ2v) is 6.58. The Kier molecular flexibility index (Phi) is 4.41. The van der Waals surface area contributed by atoms with Gasteiger partial charge in [0.25, 0.3) is 15.9 Å². The lowest BCUT2D eigenvalue weighted by Gasteiger charge is -2.12. The Morgan fingerprint density at radius 2 is 1.76 bits per heavy atom. The minimum absolute atomic E-state index is 0.0171. The molecule has 0 saturated heterocycles. The molecule has 110 valence electrons. The van der Waals surface area contributed by atoms with E-state index in [-0.39, 0.29) is 26.2 Å². The van der Waals surface area contributed by atoms with Crippen LogP contribution in [0.4, 0.5) is 5.69 Å². The molecule has 0 spiro atoms. The first-order valence-corrected chi connectivity index (χ1v) is 7.92. The van der Waals surface area contributed by atoms with Crippen LogP contribution in [0.3, 0.4) is 0 Å². The largest absolute Gasteiger partial charge is 0.366 e. The van der Waals surface area contributed by atoms with Crippen molar-refractivity contribution in [3.05, 3.63) is 58.1 Å². The average molecular weight is 345 g/mol. The van der Waals surface area contributed by atoms with Crippen LogP contribution in [-0.4, -0.2) is 14.3 Å². The van der Waals surface area contributed by atoms with Crippen molar-refractivity contribution in [3.63, 3.8) is 0 Å². The van der Waals surface area contributed by atoms with Gasteiger partial charge in [-0.1, -0.05) is 35.3 Å². The van der Waals surface area contributed by atoms with Crippen molar-refractivity contribution in [2.75, 3.05) is 4.72 Å². The van der Waals surface area contributed by atoms with Gasteiger partial charge in [0.2, 0.25) is 0 Å². The van der Waals surface area contributed by atoms with Gasteiger partial charge in [0.15, 0.2) is 0 Å². The molecule has 2 aromatic rings. The van der Waals surface area contributed by atoms with Gasteiger partial charge < -0.3 is 5.73 Å². The van der Waals surface area contributed by atoms with E-state index in [4.69, 9.17) is 28.9 Å². The maximum atomic E-state index is 12.3. The van der Waals surface area contributed by atoms with Crippen LogP contribution in [0.25, 0.3) is 0 Å². The van der Waals surface area contributed by atoms with Crippen molar-refractivity contribution in [2.45, 2.75) is 4.90 Å². The number of halogens is 2. The van der Waals surface area contributed by atoms with E-state index in [0.29, 0.717) is 0 Å². The number of para-hydroxylation sites is 1. The van der Waals surface area contributed by atoms with Crippen LogP contribution in [0, 0.1) is 0 Å². The number of carbonyl (C=O) groups is 1. The molecule has 0 aliphatic heterocycles. The second kappa shape index (κ2) is 5.93. The monoisotopic (exact) mass is 344 g/mol. The molecule has 0 aliphatic rings. The zero-order valence-electron chi connectivity index (χ0n) is 10.5. The van der Waals surface area contributed by atoms with Gasteiger partial charge in [-0.25, -0.2) is 8.42 Å². The number of hydrogen-bond donors (Lipinski definition) is 2. The minimum Gasteiger partial charge on any atom is -0.366 e. The van der Waals surface area contributed by atoms with E-state index >= 15 is 0 Å². The Morgan fingerprint density at radius 3 is 2.43 bits per heavy atom. The molecule has 0 fully saturated rings. The Bertz CT molecular complexity index is 807. The lowest BCUT2D eigenvalue weighted by atomic mass is 10.2. The third-order valence-electron chi connectivity index (χ3n) is 2.62. The molecule has 0 bridgehead atoms. The molecule has 0 unspecified atom stereocenters. The minimum atomic E-state index is -4.00. The molecule has 0 aliphatic carbocycles. The molecule has 0 atom stereocenters. The topological polar surface area (TPSA) is 89.3 Å². The molecular weight excluding hydrogens is 335 g/mol. The van der Waals surface area contributed by atoms with Crippen LogP contribution in [0.15, 0.2) is 47.4 Å². The fourth-order valence-corrected chi connectivity index (χ4v) is 3.51. The predicted octanol–water partition coefficient (Wildman–Crippen LogP) is 2.89. The number of anilines is 1. The van der Waals surface area contributed by atoms with Crippen molar-refractivity contribution >= 4 is 44.8 Å². The first-order valence-electron chi connectivity index (χ1n) is 5.68. The summed E-state index contributed by atoms with van der Waals surface area (Å²) in [6.07, 6.45) is 0. The lowest BCUT2D eigenvalue weighted by Crippen LogP contribution is -2.18. The van der Waals surface area contributed by atoms with Gasteiger partial charge in [-0.3, -0.25) is 9.52 Å². The van der Waals surface area contributed by atoms with Crippen molar-refractivity contribution in [1.29, 1.82) is 0 Å². The first kappa shape index (κ1) is 15.6. The van der Waals surface area contributed by atoms with Crippen LogP contribution < -0.4 is 10.5 Å². The summed E-state index contributed by atoms with van der Waals surface area (Å²) in [7, 11) is -4.00. The van der Waals surface area contributed by atoms with Gasteiger partial charge in [0, 0.05) is 5.02 Å². The maximum absolute atomic E-state index is 12.3. The zero-order valence-corrected chi connectivity index (χ0v) is 12.8. The molecular formula is C13H10Cl2N2O3S. The SMILES string of the molecule is NC(=O)c1ccccc1NS(=O)(=O)c1cc(Cl)ccc1Cl. The third kappa shape index (κ3) is 3.47. The van der Waals surface area contributed by atoms with E-state index in [1.165, 1.54) is 30.3 Å². The number of carbonyl (C=O) groups excluding carboxylic acids is 1. The smallest absolute Gasteiger partial charge is 0.263 e. The van der Waals surface area contributed by atoms with Crippen molar-refractivity contribution in [1.82, 2.24) is 0 Å². The number of nitrogens with two attached hydrogens (primary N) is 1. The third-order valence-corrected chi connectivity index (χ3v) is 4.70. The molecule has 3 N–H and O–H groups in total.